The molecule has 2 heteroatoms. The number of hydrogen-bond donors (Lipinski definition) is 0. The molecular weight excluding hydrogens is 140 g/mol. The second-order valence-electron chi connectivity index (χ2n) is 2.45. The van der Waals surface area contributed by atoms with Crippen molar-refractivity contribution >= 4 is 9.04 Å². The highest BCUT2D eigenvalue weighted by atomic mass is 28.3. The first-order valence-electron chi connectivity index (χ1n) is 4.32. The van der Waals surface area contributed by atoms with Crippen molar-refractivity contribution in [3.05, 3.63) is 0 Å². The second kappa shape index (κ2) is 7.29. The maximum Gasteiger partial charge on any atom is 0.210 e. The molecule has 0 N–H and O–H groups in total. The van der Waals surface area contributed by atoms with Crippen LogP contribution in [0.3, 0.4) is 0 Å². The van der Waals surface area contributed by atoms with E-state index in [1.807, 2.05) is 0 Å². The van der Waals surface area contributed by atoms with Gasteiger partial charge in [0.1, 0.15) is 0 Å². The van der Waals surface area contributed by atoms with Crippen molar-refractivity contribution in [3.63, 3.8) is 0 Å². The summed E-state index contributed by atoms with van der Waals surface area (Å²) in [6.45, 7) is 7.65. The Labute approximate surface area is 66.5 Å². The first kappa shape index (κ1) is 10.2. The molecule has 0 atom stereocenters. The fraction of sp³-hybridized carbons (Fsp3) is 1.00. The van der Waals surface area contributed by atoms with E-state index in [-0.39, 0.29) is 0 Å². The summed E-state index contributed by atoms with van der Waals surface area (Å²) in [5.74, 6) is 0. The van der Waals surface area contributed by atoms with Crippen LogP contribution in [0, 0.1) is 0 Å². The third-order valence-electron chi connectivity index (χ3n) is 1.59. The van der Waals surface area contributed by atoms with Crippen LogP contribution >= 0.6 is 0 Å². The summed E-state index contributed by atoms with van der Waals surface area (Å²) in [6, 6.07) is 2.51. The Hall–Kier alpha value is 0.177. The van der Waals surface area contributed by atoms with E-state index in [0.717, 1.165) is 6.61 Å². The summed E-state index contributed by atoms with van der Waals surface area (Å²) in [5, 5.41) is 0. The van der Waals surface area contributed by atoms with Gasteiger partial charge in [0.2, 0.25) is 9.04 Å². The molecular formula is C8H19OSi. The van der Waals surface area contributed by atoms with E-state index >= 15 is 0 Å². The lowest BCUT2D eigenvalue weighted by Gasteiger charge is -2.09. The smallest absolute Gasteiger partial charge is 0.210 e. The van der Waals surface area contributed by atoms with E-state index < -0.39 is 9.04 Å². The molecule has 0 saturated carbocycles. The molecule has 0 spiro atoms. The number of unbranched alkanes of at least 4 members (excludes halogenated alkanes) is 1. The zero-order valence-corrected chi connectivity index (χ0v) is 8.44. The van der Waals surface area contributed by atoms with Crippen molar-refractivity contribution in [2.45, 2.75) is 45.7 Å². The van der Waals surface area contributed by atoms with E-state index in [1.54, 1.807) is 0 Å². The second-order valence-corrected chi connectivity index (χ2v) is 5.23. The highest BCUT2D eigenvalue weighted by molar-refractivity contribution is 6.51. The molecule has 0 aliphatic carbocycles. The lowest BCUT2D eigenvalue weighted by Crippen LogP contribution is -2.15. The van der Waals surface area contributed by atoms with Crippen molar-refractivity contribution in [2.24, 2.45) is 0 Å². The summed E-state index contributed by atoms with van der Waals surface area (Å²) in [4.78, 5) is 0. The monoisotopic (exact) mass is 159 g/mol. The zero-order chi connectivity index (χ0) is 7.82. The fourth-order valence-corrected chi connectivity index (χ4v) is 2.16. The van der Waals surface area contributed by atoms with Gasteiger partial charge in [-0.05, 0) is 18.5 Å². The summed E-state index contributed by atoms with van der Waals surface area (Å²) in [6.07, 6.45) is 2.48. The van der Waals surface area contributed by atoms with Crippen molar-refractivity contribution in [2.75, 3.05) is 6.61 Å². The highest BCUT2D eigenvalue weighted by Crippen LogP contribution is 2.00. The number of rotatable bonds is 6. The third-order valence-corrected chi connectivity index (χ3v) is 3.78. The number of hydrogen-bond acceptors (Lipinski definition) is 1. The predicted octanol–water partition coefficient (Wildman–Crippen LogP) is 2.83. The average molecular weight is 159 g/mol. The van der Waals surface area contributed by atoms with Crippen molar-refractivity contribution in [1.29, 1.82) is 0 Å². The normalized spacial score (nSPS) is 10.8. The largest absolute Gasteiger partial charge is 0.417 e. The Morgan fingerprint density at radius 3 is 2.10 bits per heavy atom. The molecule has 0 amide bonds. The lowest BCUT2D eigenvalue weighted by molar-refractivity contribution is 0.311. The van der Waals surface area contributed by atoms with Gasteiger partial charge >= 0.3 is 0 Å². The van der Waals surface area contributed by atoms with Crippen LogP contribution in [-0.4, -0.2) is 15.6 Å². The molecule has 0 fully saturated rings. The van der Waals surface area contributed by atoms with Crippen LogP contribution in [0.5, 0.6) is 0 Å². The van der Waals surface area contributed by atoms with Crippen molar-refractivity contribution in [3.8, 4) is 0 Å². The molecule has 0 unspecified atom stereocenters. The van der Waals surface area contributed by atoms with Crippen molar-refractivity contribution < 1.29 is 4.43 Å². The Balaban J connectivity index is 3.09. The van der Waals surface area contributed by atoms with Crippen LogP contribution in [0.15, 0.2) is 0 Å². The van der Waals surface area contributed by atoms with E-state index in [0.29, 0.717) is 0 Å². The molecule has 0 aromatic carbocycles. The molecule has 0 rings (SSSR count). The van der Waals surface area contributed by atoms with Crippen LogP contribution < -0.4 is 0 Å². The van der Waals surface area contributed by atoms with E-state index in [2.05, 4.69) is 20.8 Å². The van der Waals surface area contributed by atoms with Gasteiger partial charge in [-0.15, -0.1) is 0 Å². The zero-order valence-electron chi connectivity index (χ0n) is 7.44. The van der Waals surface area contributed by atoms with Gasteiger partial charge in [0.15, 0.2) is 0 Å². The minimum atomic E-state index is -0.396. The van der Waals surface area contributed by atoms with Crippen molar-refractivity contribution in [1.82, 2.24) is 0 Å². The maximum atomic E-state index is 5.68. The minimum absolute atomic E-state index is 0.396. The average Bonchev–Trinajstić information content (AvgIpc) is 1.99. The quantitative estimate of drug-likeness (QED) is 0.428. The molecule has 0 heterocycles. The summed E-state index contributed by atoms with van der Waals surface area (Å²) in [5.41, 5.74) is 0. The van der Waals surface area contributed by atoms with Gasteiger partial charge in [-0.3, -0.25) is 0 Å². The maximum absolute atomic E-state index is 5.68. The fourth-order valence-electron chi connectivity index (χ4n) is 0.815. The first-order chi connectivity index (χ1) is 4.85. The van der Waals surface area contributed by atoms with Gasteiger partial charge in [0, 0.05) is 6.61 Å². The summed E-state index contributed by atoms with van der Waals surface area (Å²) >= 11 is 0. The Kier molecular flexibility index (Phi) is 7.41. The van der Waals surface area contributed by atoms with Gasteiger partial charge in [-0.1, -0.05) is 27.2 Å². The standard InChI is InChI=1S/C8H19OSi/c1-4-7-8-9-10(5-2)6-3/h4-8H2,1-3H3. The van der Waals surface area contributed by atoms with Crippen LogP contribution in [0.4, 0.5) is 0 Å². The molecule has 1 radical (unpaired) electrons. The first-order valence-corrected chi connectivity index (χ1v) is 6.14. The lowest BCUT2D eigenvalue weighted by atomic mass is 10.4. The van der Waals surface area contributed by atoms with E-state index in [9.17, 15) is 0 Å². The Bertz CT molecular complexity index is 62.3. The van der Waals surface area contributed by atoms with Gasteiger partial charge < -0.3 is 4.43 Å². The summed E-state index contributed by atoms with van der Waals surface area (Å²) in [7, 11) is -0.396. The van der Waals surface area contributed by atoms with Gasteiger partial charge in [-0.25, -0.2) is 0 Å². The van der Waals surface area contributed by atoms with Gasteiger partial charge in [0.25, 0.3) is 0 Å². The molecule has 1 nitrogen and oxygen atoms in total. The molecule has 0 aromatic heterocycles. The Morgan fingerprint density at radius 1 is 1.10 bits per heavy atom. The van der Waals surface area contributed by atoms with Crippen LogP contribution in [0.2, 0.25) is 12.1 Å². The van der Waals surface area contributed by atoms with Gasteiger partial charge in [0.05, 0.1) is 0 Å². The molecule has 0 aliphatic rings. The molecule has 0 saturated heterocycles. The van der Waals surface area contributed by atoms with E-state index in [4.69, 9.17) is 4.43 Å². The van der Waals surface area contributed by atoms with Crippen LogP contribution in [-0.2, 0) is 4.43 Å². The molecule has 0 aromatic rings. The molecule has 10 heavy (non-hydrogen) atoms. The highest BCUT2D eigenvalue weighted by Gasteiger charge is 2.05. The SMILES string of the molecule is CCCCO[Si](CC)CC. The van der Waals surface area contributed by atoms with E-state index in [1.165, 1.54) is 24.9 Å². The molecule has 61 valence electrons. The Morgan fingerprint density at radius 2 is 1.70 bits per heavy atom. The third kappa shape index (κ3) is 5.00. The van der Waals surface area contributed by atoms with Crippen LogP contribution in [0.25, 0.3) is 0 Å². The predicted molar refractivity (Wildman–Crippen MR) is 47.6 cm³/mol. The van der Waals surface area contributed by atoms with Crippen LogP contribution in [0.1, 0.15) is 33.6 Å². The minimum Gasteiger partial charge on any atom is -0.417 e. The topological polar surface area (TPSA) is 9.23 Å². The van der Waals surface area contributed by atoms with Gasteiger partial charge in [-0.2, -0.15) is 0 Å². The molecule has 0 bridgehead atoms. The molecule has 0 aliphatic heterocycles. The summed E-state index contributed by atoms with van der Waals surface area (Å²) < 4.78 is 5.68.